The third-order valence-corrected chi connectivity index (χ3v) is 5.34. The molecule has 1 aromatic carbocycles. The molecule has 0 aliphatic rings. The quantitative estimate of drug-likeness (QED) is 0.339. The van der Waals surface area contributed by atoms with Crippen LogP contribution >= 0.6 is 11.3 Å². The highest BCUT2D eigenvalue weighted by Gasteiger charge is 2.19. The lowest BCUT2D eigenvalue weighted by atomic mass is 10.1. The van der Waals surface area contributed by atoms with Crippen molar-refractivity contribution >= 4 is 29.6 Å². The molecule has 0 atom stereocenters. The maximum absolute atomic E-state index is 12.2. The van der Waals surface area contributed by atoms with Crippen molar-refractivity contribution in [1.82, 2.24) is 9.80 Å². The molecule has 27 heavy (non-hydrogen) atoms. The average Bonchev–Trinajstić information content (AvgIpc) is 3.20. The summed E-state index contributed by atoms with van der Waals surface area (Å²) in [6, 6.07) is 14.1. The van der Waals surface area contributed by atoms with Crippen LogP contribution in [0.1, 0.15) is 29.7 Å². The third kappa shape index (κ3) is 7.35. The molecule has 2 rings (SSSR count). The van der Waals surface area contributed by atoms with Crippen LogP contribution in [0.15, 0.2) is 47.8 Å². The van der Waals surface area contributed by atoms with Crippen molar-refractivity contribution in [2.75, 3.05) is 20.1 Å². The summed E-state index contributed by atoms with van der Waals surface area (Å²) < 4.78 is 0. The Hall–Kier alpha value is -2.47. The minimum absolute atomic E-state index is 0.248. The fourth-order valence-electron chi connectivity index (χ4n) is 2.74. The number of rotatable bonds is 11. The van der Waals surface area contributed by atoms with Gasteiger partial charge in [0.2, 0.25) is 18.2 Å². The van der Waals surface area contributed by atoms with Gasteiger partial charge < -0.3 is 4.90 Å². The summed E-state index contributed by atoms with van der Waals surface area (Å²) in [6.45, 7) is 0.909. The van der Waals surface area contributed by atoms with Gasteiger partial charge >= 0.3 is 0 Å². The smallest absolute Gasteiger partial charge is 0.238 e. The van der Waals surface area contributed by atoms with Gasteiger partial charge in [-0.1, -0.05) is 36.4 Å². The predicted octanol–water partition coefficient (Wildman–Crippen LogP) is 3.15. The number of hydrogen-bond donors (Lipinski definition) is 0. The molecule has 0 bridgehead atoms. The second kappa shape index (κ2) is 11.3. The van der Waals surface area contributed by atoms with Crippen molar-refractivity contribution in [3.8, 4) is 0 Å². The van der Waals surface area contributed by atoms with Crippen LogP contribution in [0.2, 0.25) is 0 Å². The van der Waals surface area contributed by atoms with E-state index in [1.807, 2.05) is 35.7 Å². The van der Waals surface area contributed by atoms with E-state index >= 15 is 0 Å². The van der Waals surface area contributed by atoms with E-state index in [1.165, 1.54) is 5.56 Å². The third-order valence-electron chi connectivity index (χ3n) is 4.41. The summed E-state index contributed by atoms with van der Waals surface area (Å²) in [7, 11) is 1.70. The Balaban J connectivity index is 1.68. The Morgan fingerprint density at radius 3 is 2.41 bits per heavy atom. The van der Waals surface area contributed by atoms with Gasteiger partial charge in [0.1, 0.15) is 6.42 Å². The number of imide groups is 1. The molecule has 3 amide bonds. The number of aryl methyl sites for hydroxylation is 1. The van der Waals surface area contributed by atoms with Gasteiger partial charge in [0.05, 0.1) is 0 Å². The maximum atomic E-state index is 12.2. The zero-order chi connectivity index (χ0) is 19.5. The summed E-state index contributed by atoms with van der Waals surface area (Å²) in [5.41, 5.74) is 1.29. The van der Waals surface area contributed by atoms with Crippen LogP contribution in [0.5, 0.6) is 0 Å². The zero-order valence-electron chi connectivity index (χ0n) is 15.7. The molecule has 0 aliphatic carbocycles. The Morgan fingerprint density at radius 1 is 0.963 bits per heavy atom. The Bertz CT molecular complexity index is 716. The zero-order valence-corrected chi connectivity index (χ0v) is 16.5. The molecular weight excluding hydrogens is 360 g/mol. The van der Waals surface area contributed by atoms with E-state index in [4.69, 9.17) is 0 Å². The van der Waals surface area contributed by atoms with Crippen LogP contribution in [-0.2, 0) is 27.2 Å². The molecule has 144 valence electrons. The van der Waals surface area contributed by atoms with Gasteiger partial charge in [0.15, 0.2) is 0 Å². The van der Waals surface area contributed by atoms with E-state index in [2.05, 4.69) is 12.1 Å². The number of carbonyl (C=O) groups excluding carboxylic acids is 3. The molecule has 0 radical (unpaired) electrons. The van der Waals surface area contributed by atoms with Gasteiger partial charge in [-0.3, -0.25) is 19.3 Å². The van der Waals surface area contributed by atoms with Crippen LogP contribution in [0.4, 0.5) is 0 Å². The van der Waals surface area contributed by atoms with E-state index in [0.717, 1.165) is 29.0 Å². The maximum Gasteiger partial charge on any atom is 0.238 e. The summed E-state index contributed by atoms with van der Waals surface area (Å²) in [5, 5.41) is 1.96. The Labute approximate surface area is 164 Å². The monoisotopic (exact) mass is 386 g/mol. The van der Waals surface area contributed by atoms with Crippen molar-refractivity contribution in [3.63, 3.8) is 0 Å². The molecule has 6 heteroatoms. The normalized spacial score (nSPS) is 10.4. The summed E-state index contributed by atoms with van der Waals surface area (Å²) in [4.78, 5) is 39.4. The number of thiophene rings is 1. The van der Waals surface area contributed by atoms with Crippen LogP contribution in [0.3, 0.4) is 0 Å². The first-order valence-electron chi connectivity index (χ1n) is 9.15. The van der Waals surface area contributed by atoms with Gasteiger partial charge in [0.25, 0.3) is 0 Å². The number of benzene rings is 1. The summed E-state index contributed by atoms with van der Waals surface area (Å²) in [5.74, 6) is -0.689. The van der Waals surface area contributed by atoms with Crippen molar-refractivity contribution in [1.29, 1.82) is 0 Å². The fourth-order valence-corrected chi connectivity index (χ4v) is 3.43. The average molecular weight is 387 g/mol. The second-order valence-corrected chi connectivity index (χ2v) is 7.49. The first-order chi connectivity index (χ1) is 13.1. The van der Waals surface area contributed by atoms with Crippen LogP contribution < -0.4 is 0 Å². The number of unbranched alkanes of at least 4 members (excludes halogenated alkanes) is 1. The van der Waals surface area contributed by atoms with Gasteiger partial charge in [-0.2, -0.15) is 0 Å². The van der Waals surface area contributed by atoms with E-state index in [-0.39, 0.29) is 12.3 Å². The highest BCUT2D eigenvalue weighted by atomic mass is 32.1. The lowest BCUT2D eigenvalue weighted by Crippen LogP contribution is -2.37. The molecule has 5 nitrogen and oxygen atoms in total. The van der Waals surface area contributed by atoms with Crippen LogP contribution in [-0.4, -0.2) is 48.2 Å². The van der Waals surface area contributed by atoms with Gasteiger partial charge in [-0.05, 0) is 42.7 Å². The van der Waals surface area contributed by atoms with Gasteiger partial charge in [-0.25, -0.2) is 0 Å². The van der Waals surface area contributed by atoms with Crippen LogP contribution in [0.25, 0.3) is 0 Å². The van der Waals surface area contributed by atoms with Crippen molar-refractivity contribution in [2.45, 2.75) is 32.1 Å². The van der Waals surface area contributed by atoms with E-state index in [9.17, 15) is 14.4 Å². The van der Waals surface area contributed by atoms with Crippen molar-refractivity contribution < 1.29 is 14.4 Å². The number of carbonyl (C=O) groups is 3. The predicted molar refractivity (Wildman–Crippen MR) is 107 cm³/mol. The lowest BCUT2D eigenvalue weighted by Gasteiger charge is -2.19. The number of amides is 3. The molecule has 0 spiro atoms. The van der Waals surface area contributed by atoms with Crippen LogP contribution in [0, 0.1) is 0 Å². The molecule has 0 N–H and O–H groups in total. The molecule has 1 aromatic heterocycles. The number of nitrogens with zero attached hydrogens (tertiary/aromatic N) is 2. The van der Waals surface area contributed by atoms with E-state index in [1.54, 1.807) is 23.3 Å². The largest absolute Gasteiger partial charge is 0.345 e. The molecular formula is C21H26N2O3S. The highest BCUT2D eigenvalue weighted by molar-refractivity contribution is 7.09. The Kier molecular flexibility index (Phi) is 8.71. The summed E-state index contributed by atoms with van der Waals surface area (Å²) in [6.07, 6.45) is 3.70. The molecule has 0 fully saturated rings. The first-order valence-corrected chi connectivity index (χ1v) is 10.0. The van der Waals surface area contributed by atoms with E-state index in [0.29, 0.717) is 25.9 Å². The topological polar surface area (TPSA) is 57.7 Å². The highest BCUT2D eigenvalue weighted by Crippen LogP contribution is 2.10. The van der Waals surface area contributed by atoms with Gasteiger partial charge in [-0.15, -0.1) is 11.3 Å². The Morgan fingerprint density at radius 2 is 1.74 bits per heavy atom. The van der Waals surface area contributed by atoms with Gasteiger partial charge in [0, 0.05) is 25.0 Å². The second-order valence-electron chi connectivity index (χ2n) is 6.46. The summed E-state index contributed by atoms with van der Waals surface area (Å²) >= 11 is 1.59. The molecule has 1 heterocycles. The number of hydrogen-bond acceptors (Lipinski definition) is 4. The molecule has 0 saturated carbocycles. The minimum Gasteiger partial charge on any atom is -0.345 e. The van der Waals surface area contributed by atoms with E-state index < -0.39 is 5.91 Å². The standard InChI is InChI=1S/C21H26N2O3S/c1-22(13-6-5-10-18-8-3-2-4-9-18)20(25)16-21(26)23(17-24)14-12-19-11-7-15-27-19/h2-4,7-9,11,15,17H,5-6,10,12-14,16H2,1H3. The molecule has 0 aliphatic heterocycles. The molecule has 0 saturated heterocycles. The van der Waals surface area contributed by atoms with Crippen molar-refractivity contribution in [3.05, 3.63) is 58.3 Å². The van der Waals surface area contributed by atoms with Crippen molar-refractivity contribution in [2.24, 2.45) is 0 Å². The minimum atomic E-state index is -0.442. The SMILES string of the molecule is CN(CCCCc1ccccc1)C(=O)CC(=O)N(C=O)CCc1cccs1. The fraction of sp³-hybridized carbons (Fsp3) is 0.381. The molecule has 2 aromatic rings. The lowest BCUT2D eigenvalue weighted by molar-refractivity contribution is -0.142. The first kappa shape index (κ1) is 20.8. The molecule has 0 unspecified atom stereocenters.